The third-order valence-electron chi connectivity index (χ3n) is 1.85. The average molecular weight is 267 g/mol. The zero-order valence-corrected chi connectivity index (χ0v) is 11.5. The van der Waals surface area contributed by atoms with Crippen LogP contribution >= 0.6 is 0 Å². The molecule has 102 valence electrons. The number of nitrogens with two attached hydrogens (primary N) is 1. The van der Waals surface area contributed by atoms with Crippen LogP contribution in [0.1, 0.15) is 27.2 Å². The first-order valence-electron chi connectivity index (χ1n) is 5.28. The second-order valence-corrected chi connectivity index (χ2v) is 6.76. The Labute approximate surface area is 103 Å². The fourth-order valence-corrected chi connectivity index (χ4v) is 2.06. The van der Waals surface area contributed by atoms with Crippen LogP contribution in [0, 0.1) is 5.41 Å². The first-order chi connectivity index (χ1) is 7.57. The van der Waals surface area contributed by atoms with Gasteiger partial charge in [0, 0.05) is 0 Å². The molecule has 0 bridgehead atoms. The van der Waals surface area contributed by atoms with E-state index in [9.17, 15) is 13.2 Å². The minimum Gasteiger partial charge on any atom is -0.468 e. The molecule has 0 rings (SSSR count). The average Bonchev–Trinajstić information content (AvgIpc) is 2.21. The van der Waals surface area contributed by atoms with E-state index in [1.807, 2.05) is 20.8 Å². The highest BCUT2D eigenvalue weighted by molar-refractivity contribution is 7.86. The van der Waals surface area contributed by atoms with Crippen molar-refractivity contribution < 1.29 is 22.1 Å². The van der Waals surface area contributed by atoms with Gasteiger partial charge >= 0.3 is 5.97 Å². The van der Waals surface area contributed by atoms with Crippen LogP contribution in [-0.4, -0.2) is 39.9 Å². The topological polar surface area (TPSA) is 95.7 Å². The molecule has 0 saturated heterocycles. The quantitative estimate of drug-likeness (QED) is 0.548. The van der Waals surface area contributed by atoms with Crippen molar-refractivity contribution in [1.29, 1.82) is 0 Å². The molecule has 0 aromatic carbocycles. The molecule has 0 saturated carbocycles. The first-order valence-corrected chi connectivity index (χ1v) is 6.86. The Kier molecular flexibility index (Phi) is 6.08. The summed E-state index contributed by atoms with van der Waals surface area (Å²) in [6.45, 7) is 5.69. The van der Waals surface area contributed by atoms with Gasteiger partial charge in [-0.3, -0.25) is 8.98 Å². The highest BCUT2D eigenvalue weighted by atomic mass is 32.2. The first kappa shape index (κ1) is 16.3. The van der Waals surface area contributed by atoms with Crippen molar-refractivity contribution >= 4 is 16.1 Å². The minimum atomic E-state index is -3.64. The van der Waals surface area contributed by atoms with Crippen molar-refractivity contribution in [3.63, 3.8) is 0 Å². The molecule has 0 amide bonds. The molecule has 0 aliphatic heterocycles. The predicted molar refractivity (Wildman–Crippen MR) is 63.8 cm³/mol. The SMILES string of the molecule is COC(=O)C(N)CCS(=O)(=O)OCC(C)(C)C. The lowest BCUT2D eigenvalue weighted by Gasteiger charge is -2.18. The molecule has 0 fully saturated rings. The smallest absolute Gasteiger partial charge is 0.322 e. The van der Waals surface area contributed by atoms with Crippen LogP contribution in [-0.2, 0) is 23.8 Å². The Morgan fingerprint density at radius 3 is 2.29 bits per heavy atom. The van der Waals surface area contributed by atoms with E-state index in [0.29, 0.717) is 0 Å². The predicted octanol–water partition coefficient (Wildman–Crippen LogP) is 0.269. The van der Waals surface area contributed by atoms with Crippen LogP contribution in [0.2, 0.25) is 0 Å². The molecule has 1 atom stereocenters. The van der Waals surface area contributed by atoms with E-state index in [4.69, 9.17) is 9.92 Å². The van der Waals surface area contributed by atoms with E-state index >= 15 is 0 Å². The lowest BCUT2D eigenvalue weighted by molar-refractivity contribution is -0.142. The molecule has 0 aromatic rings. The van der Waals surface area contributed by atoms with E-state index in [-0.39, 0.29) is 24.2 Å². The largest absolute Gasteiger partial charge is 0.468 e. The van der Waals surface area contributed by atoms with Gasteiger partial charge in [-0.15, -0.1) is 0 Å². The molecule has 0 spiro atoms. The Bertz CT molecular complexity index is 344. The Morgan fingerprint density at radius 2 is 1.88 bits per heavy atom. The second kappa shape index (κ2) is 6.32. The van der Waals surface area contributed by atoms with Gasteiger partial charge in [0.25, 0.3) is 10.1 Å². The zero-order valence-electron chi connectivity index (χ0n) is 10.7. The Balaban J connectivity index is 4.15. The fraction of sp³-hybridized carbons (Fsp3) is 0.900. The maximum Gasteiger partial charge on any atom is 0.322 e. The number of carbonyl (C=O) groups is 1. The monoisotopic (exact) mass is 267 g/mol. The Hall–Kier alpha value is -0.660. The van der Waals surface area contributed by atoms with E-state index in [1.54, 1.807) is 0 Å². The van der Waals surface area contributed by atoms with Crippen molar-refractivity contribution in [2.45, 2.75) is 33.2 Å². The van der Waals surface area contributed by atoms with Crippen LogP contribution in [0.5, 0.6) is 0 Å². The van der Waals surface area contributed by atoms with Crippen LogP contribution in [0.25, 0.3) is 0 Å². The summed E-state index contributed by atoms with van der Waals surface area (Å²) in [4.78, 5) is 11.0. The van der Waals surface area contributed by atoms with Gasteiger partial charge in [0.15, 0.2) is 0 Å². The fourth-order valence-electron chi connectivity index (χ4n) is 0.866. The van der Waals surface area contributed by atoms with E-state index in [0.717, 1.165) is 0 Å². The molecule has 7 heteroatoms. The number of hydrogen-bond donors (Lipinski definition) is 1. The summed E-state index contributed by atoms with van der Waals surface area (Å²) in [6, 6.07) is -0.937. The summed E-state index contributed by atoms with van der Waals surface area (Å²) < 4.78 is 32.1. The van der Waals surface area contributed by atoms with Crippen molar-refractivity contribution in [3.8, 4) is 0 Å². The van der Waals surface area contributed by atoms with Crippen molar-refractivity contribution in [1.82, 2.24) is 0 Å². The maximum absolute atomic E-state index is 11.5. The lowest BCUT2D eigenvalue weighted by Crippen LogP contribution is -2.34. The van der Waals surface area contributed by atoms with Gasteiger partial charge in [0.1, 0.15) is 6.04 Å². The summed E-state index contributed by atoms with van der Waals surface area (Å²) in [5.41, 5.74) is 5.18. The van der Waals surface area contributed by atoms with Crippen LogP contribution in [0.15, 0.2) is 0 Å². The van der Waals surface area contributed by atoms with E-state index < -0.39 is 22.1 Å². The summed E-state index contributed by atoms with van der Waals surface area (Å²) in [7, 11) is -2.44. The lowest BCUT2D eigenvalue weighted by atomic mass is 9.99. The van der Waals surface area contributed by atoms with Gasteiger partial charge in [0.2, 0.25) is 0 Å². The van der Waals surface area contributed by atoms with Gasteiger partial charge < -0.3 is 10.5 Å². The molecular weight excluding hydrogens is 246 g/mol. The summed E-state index contributed by atoms with van der Waals surface area (Å²) in [6.07, 6.45) is -0.0147. The van der Waals surface area contributed by atoms with Crippen LogP contribution in [0.4, 0.5) is 0 Å². The molecular formula is C10H21NO5S. The van der Waals surface area contributed by atoms with E-state index in [1.165, 1.54) is 7.11 Å². The van der Waals surface area contributed by atoms with Gasteiger partial charge in [-0.2, -0.15) is 8.42 Å². The van der Waals surface area contributed by atoms with Crippen molar-refractivity contribution in [3.05, 3.63) is 0 Å². The number of ether oxygens (including phenoxy) is 1. The number of esters is 1. The summed E-state index contributed by atoms with van der Waals surface area (Å²) in [5.74, 6) is -0.921. The molecule has 17 heavy (non-hydrogen) atoms. The van der Waals surface area contributed by atoms with Crippen LogP contribution < -0.4 is 5.73 Å². The van der Waals surface area contributed by atoms with Crippen molar-refractivity contribution in [2.75, 3.05) is 19.5 Å². The maximum atomic E-state index is 11.5. The third kappa shape index (κ3) is 8.12. The van der Waals surface area contributed by atoms with Gasteiger partial charge in [-0.05, 0) is 11.8 Å². The molecule has 6 nitrogen and oxygen atoms in total. The number of hydrogen-bond acceptors (Lipinski definition) is 6. The van der Waals surface area contributed by atoms with Crippen molar-refractivity contribution in [2.24, 2.45) is 11.1 Å². The molecule has 0 aromatic heterocycles. The minimum absolute atomic E-state index is 0.0147. The molecule has 1 unspecified atom stereocenters. The van der Waals surface area contributed by atoms with E-state index in [2.05, 4.69) is 4.74 Å². The molecule has 0 radical (unpaired) electrons. The third-order valence-corrected chi connectivity index (χ3v) is 3.07. The normalized spacial score (nSPS) is 14.4. The summed E-state index contributed by atoms with van der Waals surface area (Å²) >= 11 is 0. The second-order valence-electron chi connectivity index (χ2n) is 5.00. The van der Waals surface area contributed by atoms with Gasteiger partial charge in [-0.25, -0.2) is 0 Å². The highest BCUT2D eigenvalue weighted by Gasteiger charge is 2.21. The molecule has 0 aliphatic rings. The number of rotatable bonds is 6. The highest BCUT2D eigenvalue weighted by Crippen LogP contribution is 2.15. The summed E-state index contributed by atoms with van der Waals surface area (Å²) in [5, 5.41) is 0. The van der Waals surface area contributed by atoms with Crippen LogP contribution in [0.3, 0.4) is 0 Å². The standard InChI is InChI=1S/C10H21NO5S/c1-10(2,3)7-16-17(13,14)6-5-8(11)9(12)15-4/h8H,5-7,11H2,1-4H3. The molecule has 0 aliphatic carbocycles. The molecule has 2 N–H and O–H groups in total. The number of methoxy groups -OCH3 is 1. The van der Waals surface area contributed by atoms with Gasteiger partial charge in [0.05, 0.1) is 19.5 Å². The zero-order chi connectivity index (χ0) is 13.7. The van der Waals surface area contributed by atoms with Gasteiger partial charge in [-0.1, -0.05) is 20.8 Å². The molecule has 0 heterocycles. The number of carbonyl (C=O) groups excluding carboxylic acids is 1. The Morgan fingerprint density at radius 1 is 1.35 bits per heavy atom.